The van der Waals surface area contributed by atoms with Crippen LogP contribution >= 0.6 is 11.6 Å². The minimum Gasteiger partial charge on any atom is -0.450 e. The standard InChI is InChI=1S/C32H42N4O7S.C24H34ClN3O7S.C23H35N3O6S/c1-4-6-7-10-16-35(3)29(38)26-19-23(43-31(40)36-17-15-21-11-8-9-12-27(21)36)18-25(26)28(37)33-32(20-22(32)5-2)30(39)34-44(41,42)24-13-14-24;1-4-6-7-8-11-28(3)21(30)19-13-16(35-23(25)32)12-18(19)20(29)26-24(14-15(24)5-2)22(31)27-36(33,34)17-9-10-17;1-4-6-7-8-11-26(3)21(29)19-13-16(27)12-18(19)20(28)24-23(14-15(23)5-2)22(30)25-33(31,32)17-9-10-17/h4-5,8-9,11-12,22-26H,1-2,6-7,10,13-20H2,3H3,(H,33,37)(H,34,39);4-5,15-19H,1-2,6-14H2,3H3,(H,26,29)(H,27,31);4-5,15-19,27H,1-2,6-14H2,3H3,(H,24,28)(H,25,30)/t22-,23-,25-,26-,32-;15-,16-,18-,19-,24-;15-,16-,18-,19-,23-/m111/s1. The number of halogens is 1. The maximum atomic E-state index is 13.9. The highest BCUT2D eigenvalue weighted by Crippen LogP contribution is 2.50. The van der Waals surface area contributed by atoms with Crippen LogP contribution in [0.2, 0.25) is 0 Å². The number of nitrogens with zero attached hydrogens (tertiary/aromatic N) is 4. The van der Waals surface area contributed by atoms with Gasteiger partial charge in [0.05, 0.1) is 63.0 Å². The molecule has 30 nitrogen and oxygen atoms in total. The quantitative estimate of drug-likeness (QED) is 0.0221. The van der Waals surface area contributed by atoms with Gasteiger partial charge in [-0.1, -0.05) is 54.7 Å². The highest BCUT2D eigenvalue weighted by molar-refractivity contribution is 7.91. The van der Waals surface area contributed by atoms with Crippen molar-refractivity contribution in [2.24, 2.45) is 53.3 Å². The molecule has 1 aliphatic heterocycles. The van der Waals surface area contributed by atoms with Crippen LogP contribution in [0.25, 0.3) is 0 Å². The fourth-order valence-corrected chi connectivity index (χ4v) is 20.1. The van der Waals surface area contributed by atoms with Crippen LogP contribution in [0.1, 0.15) is 160 Å². The molecule has 1 heterocycles. The second-order valence-corrected chi connectivity index (χ2v) is 38.1. The van der Waals surface area contributed by atoms with E-state index < -0.39 is 181 Å². The van der Waals surface area contributed by atoms with E-state index in [2.05, 4.69) is 69.6 Å². The number of carbonyl (C=O) groups excluding carboxylic acids is 11. The highest BCUT2D eigenvalue weighted by Gasteiger charge is 2.65. The first-order chi connectivity index (χ1) is 53.5. The Hall–Kier alpha value is -8.27. The van der Waals surface area contributed by atoms with Crippen molar-refractivity contribution in [2.45, 2.75) is 211 Å². The number of rotatable bonds is 38. The lowest BCUT2D eigenvalue weighted by Gasteiger charge is -2.26. The lowest BCUT2D eigenvalue weighted by molar-refractivity contribution is -0.141. The van der Waals surface area contributed by atoms with Gasteiger partial charge in [-0.25, -0.2) is 34.8 Å². The lowest BCUT2D eigenvalue weighted by Crippen LogP contribution is -2.54. The average molecular weight is 1650 g/mol. The molecule has 15 atom stereocenters. The number of unbranched alkanes of at least 4 members (excludes halogenated alkanes) is 6. The third kappa shape index (κ3) is 21.8. The molecule has 10 amide bonds. The second-order valence-electron chi connectivity index (χ2n) is 31.9. The number of sulfonamides is 3. The molecule has 0 radical (unpaired) electrons. The Bertz CT molecular complexity index is 4210. The van der Waals surface area contributed by atoms with E-state index in [1.807, 2.05) is 36.4 Å². The zero-order valence-electron chi connectivity index (χ0n) is 64.8. The van der Waals surface area contributed by atoms with Crippen LogP contribution < -0.4 is 35.0 Å². The lowest BCUT2D eigenvalue weighted by atomic mass is 9.93. The molecule has 11 rings (SSSR count). The van der Waals surface area contributed by atoms with E-state index in [0.717, 1.165) is 69.0 Å². The summed E-state index contributed by atoms with van der Waals surface area (Å²) in [7, 11) is -6.38. The Labute approximate surface area is 668 Å². The summed E-state index contributed by atoms with van der Waals surface area (Å²) in [5.41, 5.74) is -3.49. The van der Waals surface area contributed by atoms with Crippen molar-refractivity contribution in [1.82, 2.24) is 44.8 Å². The summed E-state index contributed by atoms with van der Waals surface area (Å²) in [5.74, 6) is -10.8. The van der Waals surface area contributed by atoms with Crippen LogP contribution in [0.15, 0.2) is 100 Å². The number of allylic oxidation sites excluding steroid dienone is 3. The summed E-state index contributed by atoms with van der Waals surface area (Å²) in [6.45, 7) is 24.2. The van der Waals surface area contributed by atoms with Crippen LogP contribution in [-0.2, 0) is 89.1 Å². The van der Waals surface area contributed by atoms with Gasteiger partial charge in [0, 0.05) is 76.7 Å². The van der Waals surface area contributed by atoms with Crippen LogP contribution in [0.5, 0.6) is 0 Å². The first-order valence-electron chi connectivity index (χ1n) is 39.2. The number of amides is 10. The number of carbonyl (C=O) groups is 11. The average Bonchev–Trinajstić information content (AvgIpc) is 1.58. The fourth-order valence-electron chi connectivity index (χ4n) is 15.9. The van der Waals surface area contributed by atoms with E-state index >= 15 is 0 Å². The third-order valence-corrected chi connectivity index (χ3v) is 29.0. The molecule has 0 saturated heterocycles. The molecular weight excluding hydrogens is 1540 g/mol. The number of benzene rings is 1. The molecule has 0 bridgehead atoms. The summed E-state index contributed by atoms with van der Waals surface area (Å²) in [6, 6.07) is 7.61. The molecule has 1 aromatic rings. The number of hydrogen-bond donors (Lipinski definition) is 7. The van der Waals surface area contributed by atoms with Crippen LogP contribution in [0.3, 0.4) is 0 Å². The van der Waals surface area contributed by atoms with Crippen molar-refractivity contribution in [1.29, 1.82) is 0 Å². The van der Waals surface area contributed by atoms with Crippen molar-refractivity contribution < 1.29 is 92.6 Å². The fraction of sp³-hybridized carbons (Fsp3) is 0.633. The van der Waals surface area contributed by atoms with E-state index in [9.17, 15) is 83.1 Å². The summed E-state index contributed by atoms with van der Waals surface area (Å²) >= 11 is 5.38. The van der Waals surface area contributed by atoms with Gasteiger partial charge in [0.1, 0.15) is 28.8 Å². The Balaban J connectivity index is 0.000000197. The molecule has 7 N–H and O–H groups in total. The second kappa shape index (κ2) is 37.6. The number of anilines is 1. The third-order valence-electron chi connectivity index (χ3n) is 23.5. The molecule has 9 aliphatic carbocycles. The number of aliphatic hydroxyl groups is 1. The topological polar surface area (TPSA) is 414 Å². The predicted molar refractivity (Wildman–Crippen MR) is 421 cm³/mol. The Morgan fingerprint density at radius 3 is 1.13 bits per heavy atom. The van der Waals surface area contributed by atoms with E-state index in [4.69, 9.17) is 21.1 Å². The molecule has 113 heavy (non-hydrogen) atoms. The minimum absolute atomic E-state index is 0.0574. The SMILES string of the molecule is C=CCCCCN(C)C(=O)[C@@H]1C[C@H](O)C[C@H]1C(=O)N[C@]1(C(=O)NS(=O)(=O)C2CC2)C[C@H]1C=C.C=CCCCCN(C)C(=O)[C@@H]1C[C@H](OC(=O)Cl)C[C@H]1C(=O)N[C@]1(C(=O)NS(=O)(=O)C2CC2)C[C@H]1C=C.C=CCCCCN(C)C(=O)[C@@H]1C[C@H](OC(=O)N2CCc3ccccc32)C[C@H]1C(=O)N[C@]1(C(=O)NS(=O)(=O)C2CC2)C[C@H]1C=C. The molecule has 9 fully saturated rings. The molecular formula is C79H111ClN10O20S3. The van der Waals surface area contributed by atoms with Gasteiger partial charge < -0.3 is 45.2 Å². The summed E-state index contributed by atoms with van der Waals surface area (Å²) in [5, 5.41) is 16.7. The molecule has 0 unspecified atom stereocenters. The smallest absolute Gasteiger partial charge is 0.414 e. The first-order valence-corrected chi connectivity index (χ1v) is 44.2. The normalized spacial score (nSPS) is 28.8. The monoisotopic (exact) mass is 1650 g/mol. The molecule has 9 saturated carbocycles. The largest absolute Gasteiger partial charge is 0.450 e. The van der Waals surface area contributed by atoms with Crippen molar-refractivity contribution in [3.63, 3.8) is 0 Å². The maximum Gasteiger partial charge on any atom is 0.414 e. The van der Waals surface area contributed by atoms with Gasteiger partial charge >= 0.3 is 11.5 Å². The number of ether oxygens (including phenoxy) is 2. The highest BCUT2D eigenvalue weighted by atomic mass is 35.5. The van der Waals surface area contributed by atoms with Gasteiger partial charge in [0.25, 0.3) is 17.7 Å². The van der Waals surface area contributed by atoms with Crippen molar-refractivity contribution in [3.05, 3.63) is 106 Å². The van der Waals surface area contributed by atoms with E-state index in [1.54, 1.807) is 46.8 Å². The molecule has 1 aromatic carbocycles. The van der Waals surface area contributed by atoms with E-state index in [0.29, 0.717) is 71.1 Å². The van der Waals surface area contributed by atoms with Gasteiger partial charge in [-0.15, -0.1) is 39.5 Å². The van der Waals surface area contributed by atoms with Gasteiger partial charge in [-0.05, 0) is 172 Å². The van der Waals surface area contributed by atoms with Crippen molar-refractivity contribution in [3.8, 4) is 0 Å². The number of nitrogens with one attached hydrogen (secondary N) is 6. The van der Waals surface area contributed by atoms with Gasteiger partial charge in [0.15, 0.2) is 0 Å². The van der Waals surface area contributed by atoms with Crippen molar-refractivity contribution >= 4 is 112 Å². The Morgan fingerprint density at radius 2 is 0.805 bits per heavy atom. The number of hydrogen-bond acceptors (Lipinski definition) is 20. The maximum absolute atomic E-state index is 13.9. The van der Waals surface area contributed by atoms with E-state index in [-0.39, 0.29) is 75.5 Å². The molecule has 0 spiro atoms. The molecule has 10 aliphatic rings. The van der Waals surface area contributed by atoms with Crippen LogP contribution in [0.4, 0.5) is 15.3 Å². The zero-order chi connectivity index (χ0) is 82.7. The Morgan fingerprint density at radius 1 is 0.487 bits per heavy atom. The number of para-hydroxylation sites is 1. The molecule has 0 aromatic heterocycles. The summed E-state index contributed by atoms with van der Waals surface area (Å²) < 4.78 is 91.5. The van der Waals surface area contributed by atoms with Crippen molar-refractivity contribution in [2.75, 3.05) is 52.2 Å². The predicted octanol–water partition coefficient (Wildman–Crippen LogP) is 6.16. The van der Waals surface area contributed by atoms with E-state index in [1.165, 1.54) is 18.2 Å². The van der Waals surface area contributed by atoms with Gasteiger partial charge in [-0.2, -0.15) is 0 Å². The number of aliphatic hydroxyl groups excluding tert-OH is 1. The van der Waals surface area contributed by atoms with Gasteiger partial charge in [-0.3, -0.25) is 62.2 Å². The first kappa shape index (κ1) is 88.7. The minimum atomic E-state index is -3.83. The Kier molecular flexibility index (Phi) is 29.5. The summed E-state index contributed by atoms with van der Waals surface area (Å²) in [6.07, 6.45) is 19.8. The summed E-state index contributed by atoms with van der Waals surface area (Å²) in [4.78, 5) is 150. The van der Waals surface area contributed by atoms with Crippen LogP contribution in [0, 0.1) is 53.3 Å². The zero-order valence-corrected chi connectivity index (χ0v) is 68.0. The molecule has 34 heteroatoms. The van der Waals surface area contributed by atoms with Crippen LogP contribution in [-0.4, -0.2) is 208 Å². The van der Waals surface area contributed by atoms with Gasteiger partial charge in [0.2, 0.25) is 65.5 Å². The molecule has 622 valence electrons. The number of fused-ring (bicyclic) bond motifs is 1.